The van der Waals surface area contributed by atoms with Crippen molar-refractivity contribution in [3.8, 4) is 17.0 Å². The number of nitrogen functional groups attached to an aromatic ring is 1. The molecule has 0 bridgehead atoms. The van der Waals surface area contributed by atoms with Gasteiger partial charge < -0.3 is 25.5 Å². The number of imidazole rings is 1. The molecule has 0 aliphatic rings. The molecular weight excluding hydrogens is 436 g/mol. The molecule has 0 aliphatic heterocycles. The Morgan fingerprint density at radius 1 is 1.03 bits per heavy atom. The number of aromatic nitrogens is 2. The maximum atomic E-state index is 10.7. The fourth-order valence-corrected chi connectivity index (χ4v) is 3.87. The van der Waals surface area contributed by atoms with E-state index in [2.05, 4.69) is 47.0 Å². The second-order valence-corrected chi connectivity index (χ2v) is 9.46. The van der Waals surface area contributed by atoms with Crippen LogP contribution in [0.5, 0.6) is 5.75 Å². The molecule has 0 aliphatic carbocycles. The Labute approximate surface area is 207 Å². The van der Waals surface area contributed by atoms with Crippen molar-refractivity contribution < 1.29 is 9.84 Å². The van der Waals surface area contributed by atoms with Gasteiger partial charge in [-0.25, -0.2) is 4.98 Å². The molecule has 0 fully saturated rings. The average molecular weight is 471 g/mol. The highest BCUT2D eigenvalue weighted by molar-refractivity contribution is 5.57. The van der Waals surface area contributed by atoms with Crippen LogP contribution in [0.4, 0.5) is 5.69 Å². The molecule has 4 rings (SSSR count). The minimum absolute atomic E-state index is 0.164. The second kappa shape index (κ2) is 11.2. The Morgan fingerprint density at radius 2 is 1.74 bits per heavy atom. The number of nitrogens with one attached hydrogen (secondary N) is 1. The first-order valence-electron chi connectivity index (χ1n) is 12.0. The third kappa shape index (κ3) is 6.94. The molecule has 0 amide bonds. The van der Waals surface area contributed by atoms with Crippen molar-refractivity contribution in [2.75, 3.05) is 12.3 Å². The van der Waals surface area contributed by atoms with Crippen molar-refractivity contribution in [1.29, 1.82) is 0 Å². The zero-order valence-electron chi connectivity index (χ0n) is 20.4. The summed E-state index contributed by atoms with van der Waals surface area (Å²) in [5.74, 6) is 0.619. The summed E-state index contributed by atoms with van der Waals surface area (Å²) in [6.07, 6.45) is 4.17. The van der Waals surface area contributed by atoms with Gasteiger partial charge in [-0.15, -0.1) is 0 Å². The molecule has 0 unspecified atom stereocenters. The number of rotatable bonds is 11. The molecule has 1 aromatic heterocycles. The molecule has 0 saturated carbocycles. The zero-order valence-corrected chi connectivity index (χ0v) is 20.4. The number of aliphatic hydroxyl groups is 1. The van der Waals surface area contributed by atoms with Crippen LogP contribution in [0.15, 0.2) is 91.4 Å². The highest BCUT2D eigenvalue weighted by Crippen LogP contribution is 2.27. The summed E-state index contributed by atoms with van der Waals surface area (Å²) in [6.45, 7) is 5.99. The molecule has 6 heteroatoms. The molecule has 182 valence electrons. The van der Waals surface area contributed by atoms with Crippen LogP contribution in [0.1, 0.15) is 37.5 Å². The van der Waals surface area contributed by atoms with Gasteiger partial charge in [-0.05, 0) is 43.5 Å². The minimum atomic E-state index is -0.669. The van der Waals surface area contributed by atoms with Gasteiger partial charge in [-0.2, -0.15) is 0 Å². The summed E-state index contributed by atoms with van der Waals surface area (Å²) in [5, 5.41) is 14.2. The maximum absolute atomic E-state index is 10.7. The van der Waals surface area contributed by atoms with Crippen molar-refractivity contribution in [3.63, 3.8) is 0 Å². The fourth-order valence-electron chi connectivity index (χ4n) is 3.87. The molecule has 0 spiro atoms. The van der Waals surface area contributed by atoms with Gasteiger partial charge in [0, 0.05) is 30.4 Å². The van der Waals surface area contributed by atoms with Crippen LogP contribution in [-0.4, -0.2) is 26.7 Å². The first-order chi connectivity index (χ1) is 16.9. The Morgan fingerprint density at radius 3 is 2.46 bits per heavy atom. The van der Waals surface area contributed by atoms with Crippen LogP contribution < -0.4 is 15.8 Å². The van der Waals surface area contributed by atoms with Gasteiger partial charge in [0.2, 0.25) is 0 Å². The summed E-state index contributed by atoms with van der Waals surface area (Å²) in [5.41, 5.74) is 10.5. The van der Waals surface area contributed by atoms with Gasteiger partial charge >= 0.3 is 0 Å². The van der Waals surface area contributed by atoms with E-state index in [4.69, 9.17) is 10.5 Å². The summed E-state index contributed by atoms with van der Waals surface area (Å²) >= 11 is 0. The summed E-state index contributed by atoms with van der Waals surface area (Å²) in [6, 6.07) is 25.6. The number of aliphatic hydroxyl groups excluding tert-OH is 1. The number of hydrogen-bond donors (Lipinski definition) is 3. The Balaban J connectivity index is 1.26. The largest absolute Gasteiger partial charge is 0.487 e. The van der Waals surface area contributed by atoms with E-state index in [1.54, 1.807) is 6.07 Å². The van der Waals surface area contributed by atoms with E-state index in [0.29, 0.717) is 24.6 Å². The smallest absolute Gasteiger partial charge is 0.142 e. The van der Waals surface area contributed by atoms with Crippen LogP contribution in [0.25, 0.3) is 11.3 Å². The Kier molecular flexibility index (Phi) is 7.85. The third-order valence-electron chi connectivity index (χ3n) is 6.13. The number of benzene rings is 3. The minimum Gasteiger partial charge on any atom is -0.487 e. The summed E-state index contributed by atoms with van der Waals surface area (Å²) < 4.78 is 7.95. The molecule has 6 nitrogen and oxygen atoms in total. The first-order valence-corrected chi connectivity index (χ1v) is 12.0. The molecule has 0 radical (unpaired) electrons. The van der Waals surface area contributed by atoms with E-state index in [9.17, 15) is 5.11 Å². The van der Waals surface area contributed by atoms with Crippen molar-refractivity contribution in [2.24, 2.45) is 0 Å². The normalized spacial score (nSPS) is 12.4. The monoisotopic (exact) mass is 470 g/mol. The molecular formula is C29H34N4O2. The molecule has 3 aromatic carbocycles. The second-order valence-electron chi connectivity index (χ2n) is 9.46. The van der Waals surface area contributed by atoms with Crippen LogP contribution in [0.3, 0.4) is 0 Å². The highest BCUT2D eigenvalue weighted by atomic mass is 16.5. The predicted octanol–water partition coefficient (Wildman–Crippen LogP) is 5.20. The molecule has 0 saturated heterocycles. The predicted molar refractivity (Wildman–Crippen MR) is 141 cm³/mol. The quantitative estimate of drug-likeness (QED) is 0.262. The Bertz CT molecular complexity index is 1210. The standard InChI is InChI=1S/C29H34N4O2/c1-29(2,15-16-33-19-26(31-21-33)23-11-7-4-8-12-23)32-18-27(34)24-13-14-28(25(30)17-24)35-20-22-9-5-3-6-10-22/h3-14,17,19,21,27,32,34H,15-16,18,20,30H2,1-2H3/t27-/m0/s1. The van der Waals surface area contributed by atoms with E-state index in [1.807, 2.05) is 67.0 Å². The van der Waals surface area contributed by atoms with Gasteiger partial charge in [0.1, 0.15) is 12.4 Å². The van der Waals surface area contributed by atoms with Gasteiger partial charge in [0.05, 0.1) is 23.8 Å². The lowest BCUT2D eigenvalue weighted by molar-refractivity contribution is 0.158. The van der Waals surface area contributed by atoms with E-state index < -0.39 is 6.10 Å². The van der Waals surface area contributed by atoms with Crippen LogP contribution in [0.2, 0.25) is 0 Å². The summed E-state index contributed by atoms with van der Waals surface area (Å²) in [4.78, 5) is 4.53. The van der Waals surface area contributed by atoms with E-state index in [-0.39, 0.29) is 5.54 Å². The summed E-state index contributed by atoms with van der Waals surface area (Å²) in [7, 11) is 0. The maximum Gasteiger partial charge on any atom is 0.142 e. The van der Waals surface area contributed by atoms with Crippen molar-refractivity contribution in [3.05, 3.63) is 103 Å². The van der Waals surface area contributed by atoms with Crippen molar-refractivity contribution in [1.82, 2.24) is 14.9 Å². The van der Waals surface area contributed by atoms with Gasteiger partial charge in [-0.3, -0.25) is 0 Å². The number of nitrogens with zero attached hydrogens (tertiary/aromatic N) is 2. The average Bonchev–Trinajstić information content (AvgIpc) is 3.36. The number of hydrogen-bond acceptors (Lipinski definition) is 5. The number of ether oxygens (including phenoxy) is 1. The number of β-amino-alcohol motifs (C(OH)–C–C–N with tert-alkyl or cyclic N) is 1. The van der Waals surface area contributed by atoms with E-state index >= 15 is 0 Å². The highest BCUT2D eigenvalue weighted by Gasteiger charge is 2.20. The van der Waals surface area contributed by atoms with Crippen LogP contribution in [-0.2, 0) is 13.2 Å². The van der Waals surface area contributed by atoms with Crippen LogP contribution >= 0.6 is 0 Å². The first kappa shape index (κ1) is 24.5. The van der Waals surface area contributed by atoms with Crippen molar-refractivity contribution in [2.45, 2.75) is 45.1 Å². The van der Waals surface area contributed by atoms with Gasteiger partial charge in [0.15, 0.2) is 0 Å². The number of aryl methyl sites for hydroxylation is 1. The number of nitrogens with two attached hydrogens (primary N) is 1. The van der Waals surface area contributed by atoms with Gasteiger partial charge in [-0.1, -0.05) is 66.7 Å². The van der Waals surface area contributed by atoms with E-state index in [1.165, 1.54) is 0 Å². The lowest BCUT2D eigenvalue weighted by Crippen LogP contribution is -2.42. The fraction of sp³-hybridized carbons (Fsp3) is 0.276. The number of anilines is 1. The topological polar surface area (TPSA) is 85.3 Å². The van der Waals surface area contributed by atoms with Crippen LogP contribution in [0, 0.1) is 0 Å². The molecule has 4 N–H and O–H groups in total. The van der Waals surface area contributed by atoms with Gasteiger partial charge in [0.25, 0.3) is 0 Å². The lowest BCUT2D eigenvalue weighted by atomic mass is 9.99. The SMILES string of the molecule is CC(C)(CCn1cnc(-c2ccccc2)c1)NC[C@H](O)c1ccc(OCc2ccccc2)c(N)c1. The molecule has 1 atom stereocenters. The molecule has 35 heavy (non-hydrogen) atoms. The van der Waals surface area contributed by atoms with E-state index in [0.717, 1.165) is 35.3 Å². The zero-order chi connectivity index (χ0) is 24.7. The third-order valence-corrected chi connectivity index (χ3v) is 6.13. The van der Waals surface area contributed by atoms with Crippen molar-refractivity contribution >= 4 is 5.69 Å². The molecule has 1 heterocycles. The Hall–Kier alpha value is -3.61. The molecule has 4 aromatic rings. The lowest BCUT2D eigenvalue weighted by Gasteiger charge is -2.28.